The molecule has 5 nitrogen and oxygen atoms in total. The third kappa shape index (κ3) is 4.47. The van der Waals surface area contributed by atoms with Crippen LogP contribution in [0, 0.1) is 10.8 Å². The number of carboxylic acids is 1. The van der Waals surface area contributed by atoms with E-state index in [4.69, 9.17) is 0 Å². The van der Waals surface area contributed by atoms with Crippen molar-refractivity contribution < 1.29 is 18.3 Å². The molecule has 0 fully saturated rings. The van der Waals surface area contributed by atoms with Gasteiger partial charge in [-0.25, -0.2) is 8.42 Å². The summed E-state index contributed by atoms with van der Waals surface area (Å²) in [5, 5.41) is 13.0. The molecule has 0 saturated carbocycles. The number of nitrogens with one attached hydrogen (secondary N) is 1. The molecule has 0 radical (unpaired) electrons. The number of carboxylic acid groups (broad SMARTS) is 1. The van der Waals surface area contributed by atoms with Gasteiger partial charge in [-0.05, 0) is 67.0 Å². The first-order chi connectivity index (χ1) is 13.3. The van der Waals surface area contributed by atoms with E-state index >= 15 is 0 Å². The van der Waals surface area contributed by atoms with Crippen molar-refractivity contribution in [2.75, 3.05) is 11.6 Å². The van der Waals surface area contributed by atoms with Crippen LogP contribution in [0.4, 0.5) is 5.69 Å². The molecule has 0 bridgehead atoms. The first-order valence-corrected chi connectivity index (χ1v) is 11.6. The number of hydrogen-bond acceptors (Lipinski definition) is 4. The number of carbonyl (C=O) groups is 1. The minimum absolute atomic E-state index is 0.0342. The highest BCUT2D eigenvalue weighted by molar-refractivity contribution is 7.90. The number of aliphatic carboxylic acids is 1. The molecule has 1 aliphatic rings. The van der Waals surface area contributed by atoms with Gasteiger partial charge in [0.15, 0.2) is 9.84 Å². The van der Waals surface area contributed by atoms with Crippen LogP contribution in [0.1, 0.15) is 50.4 Å². The van der Waals surface area contributed by atoms with Gasteiger partial charge in [0.1, 0.15) is 0 Å². The molecule has 1 unspecified atom stereocenters. The van der Waals surface area contributed by atoms with E-state index in [2.05, 4.69) is 31.3 Å². The second kappa shape index (κ2) is 7.17. The fourth-order valence-electron chi connectivity index (χ4n) is 4.03. The summed E-state index contributed by atoms with van der Waals surface area (Å²) < 4.78 is 23.8. The van der Waals surface area contributed by atoms with Crippen LogP contribution in [-0.2, 0) is 27.5 Å². The molecule has 0 spiro atoms. The quantitative estimate of drug-likeness (QED) is 0.752. The zero-order valence-electron chi connectivity index (χ0n) is 17.6. The highest BCUT2D eigenvalue weighted by Gasteiger charge is 2.36. The van der Waals surface area contributed by atoms with Crippen LogP contribution < -0.4 is 5.32 Å². The van der Waals surface area contributed by atoms with Crippen molar-refractivity contribution in [1.82, 2.24) is 0 Å². The van der Waals surface area contributed by atoms with Gasteiger partial charge >= 0.3 is 5.97 Å². The smallest absolute Gasteiger partial charge is 0.309 e. The van der Waals surface area contributed by atoms with Crippen molar-refractivity contribution in [3.8, 4) is 0 Å². The van der Waals surface area contributed by atoms with Gasteiger partial charge in [0.05, 0.1) is 16.4 Å². The summed E-state index contributed by atoms with van der Waals surface area (Å²) in [6.45, 7) is 7.80. The lowest BCUT2D eigenvalue weighted by atomic mass is 9.72. The molecular weight excluding hydrogens is 386 g/mol. The van der Waals surface area contributed by atoms with Gasteiger partial charge < -0.3 is 10.4 Å². The zero-order chi connectivity index (χ0) is 21.6. The van der Waals surface area contributed by atoms with Crippen LogP contribution in [0.25, 0.3) is 0 Å². The summed E-state index contributed by atoms with van der Waals surface area (Å²) in [5.41, 5.74) is 3.06. The predicted octanol–water partition coefficient (Wildman–Crippen LogP) is 4.48. The van der Waals surface area contributed by atoms with Crippen molar-refractivity contribution >= 4 is 21.5 Å². The van der Waals surface area contributed by atoms with E-state index in [1.807, 2.05) is 18.2 Å². The fraction of sp³-hybridized carbons (Fsp3) is 0.435. The van der Waals surface area contributed by atoms with Crippen LogP contribution in [0.5, 0.6) is 0 Å². The van der Waals surface area contributed by atoms with E-state index in [9.17, 15) is 18.3 Å². The van der Waals surface area contributed by atoms with Crippen molar-refractivity contribution in [3.63, 3.8) is 0 Å². The van der Waals surface area contributed by atoms with Crippen LogP contribution in [0.15, 0.2) is 47.4 Å². The van der Waals surface area contributed by atoms with Crippen LogP contribution in [-0.4, -0.2) is 25.7 Å². The molecule has 3 rings (SSSR count). The average Bonchev–Trinajstić information content (AvgIpc) is 2.58. The number of hydrogen-bond donors (Lipinski definition) is 2. The standard InChI is InChI=1S/C23H29NO4S/c1-22(2)14-17-12-18(29(5,27)28)9-10-19(17)24-20(22)16-8-6-7-15(11-16)13-23(3,4)21(25)26/h6-12,20,24H,13-14H2,1-5H3,(H,25,26). The van der Waals surface area contributed by atoms with Crippen molar-refractivity contribution in [2.24, 2.45) is 10.8 Å². The Bertz CT molecular complexity index is 1050. The molecule has 0 aromatic heterocycles. The Morgan fingerprint density at radius 3 is 2.52 bits per heavy atom. The summed E-state index contributed by atoms with van der Waals surface area (Å²) in [4.78, 5) is 11.8. The van der Waals surface area contributed by atoms with Crippen molar-refractivity contribution in [1.29, 1.82) is 0 Å². The Kier molecular flexibility index (Phi) is 5.28. The molecule has 0 saturated heterocycles. The molecule has 2 aromatic rings. The first-order valence-electron chi connectivity index (χ1n) is 9.71. The van der Waals surface area contributed by atoms with E-state index in [0.717, 1.165) is 28.8 Å². The summed E-state index contributed by atoms with van der Waals surface area (Å²) >= 11 is 0. The lowest BCUT2D eigenvalue weighted by Crippen LogP contribution is -2.35. The molecule has 156 valence electrons. The Balaban J connectivity index is 1.94. The third-order valence-corrected chi connectivity index (χ3v) is 6.85. The molecule has 6 heteroatoms. The fourth-order valence-corrected chi connectivity index (χ4v) is 4.71. The summed E-state index contributed by atoms with van der Waals surface area (Å²) in [6.07, 6.45) is 2.43. The van der Waals surface area contributed by atoms with Crippen molar-refractivity contribution in [2.45, 2.75) is 51.5 Å². The van der Waals surface area contributed by atoms with Gasteiger partial charge in [-0.2, -0.15) is 0 Å². The van der Waals surface area contributed by atoms with E-state index in [-0.39, 0.29) is 11.5 Å². The maximum atomic E-state index is 11.9. The Morgan fingerprint density at radius 1 is 1.21 bits per heavy atom. The lowest BCUT2D eigenvalue weighted by molar-refractivity contribution is -0.146. The Labute approximate surface area is 173 Å². The van der Waals surface area contributed by atoms with E-state index < -0.39 is 21.2 Å². The highest BCUT2D eigenvalue weighted by atomic mass is 32.2. The van der Waals surface area contributed by atoms with Gasteiger partial charge in [0.25, 0.3) is 0 Å². The minimum atomic E-state index is -3.25. The highest BCUT2D eigenvalue weighted by Crippen LogP contribution is 2.45. The lowest BCUT2D eigenvalue weighted by Gasteiger charge is -2.41. The number of rotatable bonds is 5. The van der Waals surface area contributed by atoms with Crippen LogP contribution >= 0.6 is 0 Å². The average molecular weight is 416 g/mol. The number of anilines is 1. The third-order valence-electron chi connectivity index (χ3n) is 5.74. The molecule has 2 aromatic carbocycles. The molecule has 1 aliphatic heterocycles. The molecule has 2 N–H and O–H groups in total. The SMILES string of the molecule is CC(C)(Cc1cccc(C2Nc3ccc(S(C)(=O)=O)cc3CC2(C)C)c1)C(=O)O. The van der Waals surface area contributed by atoms with E-state index in [1.165, 1.54) is 6.26 Å². The van der Waals surface area contributed by atoms with Gasteiger partial charge in [0, 0.05) is 11.9 Å². The van der Waals surface area contributed by atoms with Crippen LogP contribution in [0.3, 0.4) is 0 Å². The van der Waals surface area contributed by atoms with Gasteiger partial charge in [-0.15, -0.1) is 0 Å². The Morgan fingerprint density at radius 2 is 1.90 bits per heavy atom. The normalized spacial score (nSPS) is 18.6. The molecule has 0 amide bonds. The van der Waals surface area contributed by atoms with E-state index in [0.29, 0.717) is 11.3 Å². The predicted molar refractivity (Wildman–Crippen MR) is 115 cm³/mol. The largest absolute Gasteiger partial charge is 0.481 e. The molecular formula is C23H29NO4S. The molecule has 0 aliphatic carbocycles. The monoisotopic (exact) mass is 415 g/mol. The number of benzene rings is 2. The van der Waals surface area contributed by atoms with Crippen molar-refractivity contribution in [3.05, 3.63) is 59.2 Å². The topological polar surface area (TPSA) is 83.5 Å². The van der Waals surface area contributed by atoms with Gasteiger partial charge in [-0.1, -0.05) is 38.1 Å². The number of sulfone groups is 1. The maximum Gasteiger partial charge on any atom is 0.309 e. The molecule has 1 heterocycles. The summed E-state index contributed by atoms with van der Waals surface area (Å²) in [6, 6.07) is 13.4. The summed E-state index contributed by atoms with van der Waals surface area (Å²) in [7, 11) is -3.25. The second-order valence-corrected chi connectivity index (χ2v) is 11.5. The van der Waals surface area contributed by atoms with E-state index in [1.54, 1.807) is 26.0 Å². The van der Waals surface area contributed by atoms with Crippen LogP contribution in [0.2, 0.25) is 0 Å². The summed E-state index contributed by atoms with van der Waals surface area (Å²) in [5.74, 6) is -0.811. The van der Waals surface area contributed by atoms with Gasteiger partial charge in [-0.3, -0.25) is 4.79 Å². The number of fused-ring (bicyclic) bond motifs is 1. The Hall–Kier alpha value is -2.34. The van der Waals surface area contributed by atoms with Gasteiger partial charge in [0.2, 0.25) is 0 Å². The minimum Gasteiger partial charge on any atom is -0.481 e. The molecule has 1 atom stereocenters. The second-order valence-electron chi connectivity index (χ2n) is 9.44. The molecule has 29 heavy (non-hydrogen) atoms. The first kappa shape index (κ1) is 21.4. The maximum absolute atomic E-state index is 11.9. The zero-order valence-corrected chi connectivity index (χ0v) is 18.4.